The van der Waals surface area contributed by atoms with E-state index in [2.05, 4.69) is 10.3 Å². The minimum absolute atomic E-state index is 0.0357. The summed E-state index contributed by atoms with van der Waals surface area (Å²) in [7, 11) is 0. The predicted octanol–water partition coefficient (Wildman–Crippen LogP) is 0.508. The fourth-order valence-electron chi connectivity index (χ4n) is 2.03. The number of benzene rings is 1. The zero-order chi connectivity index (χ0) is 12.6. The Kier molecular flexibility index (Phi) is 2.61. The maximum Gasteiger partial charge on any atom is 0.417 e. The summed E-state index contributed by atoms with van der Waals surface area (Å²) in [6.07, 6.45) is 0. The highest BCUT2D eigenvalue weighted by atomic mass is 16.5. The van der Waals surface area contributed by atoms with Crippen molar-refractivity contribution in [3.05, 3.63) is 28.7 Å². The van der Waals surface area contributed by atoms with E-state index in [-0.39, 0.29) is 5.41 Å². The molecular weight excluding hydrogens is 234 g/mol. The van der Waals surface area contributed by atoms with Gasteiger partial charge in [-0.2, -0.15) is 0 Å². The van der Waals surface area contributed by atoms with E-state index in [4.69, 9.17) is 14.9 Å². The van der Waals surface area contributed by atoms with Crippen LogP contribution in [0.15, 0.2) is 27.4 Å². The molecule has 0 atom stereocenters. The first-order valence-electron chi connectivity index (χ1n) is 5.85. The average Bonchev–Trinajstić information content (AvgIpc) is 2.67. The lowest BCUT2D eigenvalue weighted by atomic mass is 9.86. The number of fused-ring (bicyclic) bond motifs is 1. The van der Waals surface area contributed by atoms with Crippen molar-refractivity contribution >= 4 is 16.8 Å². The maximum absolute atomic E-state index is 11.0. The van der Waals surface area contributed by atoms with Crippen LogP contribution in [0.1, 0.15) is 0 Å². The molecule has 4 N–H and O–H groups in total. The fourth-order valence-corrected chi connectivity index (χ4v) is 2.03. The normalized spacial score (nSPS) is 17.6. The number of rotatable bonds is 4. The van der Waals surface area contributed by atoms with E-state index in [1.165, 1.54) is 0 Å². The molecule has 0 bridgehead atoms. The number of nitrogens with one attached hydrogen (secondary N) is 2. The van der Waals surface area contributed by atoms with Crippen molar-refractivity contribution < 1.29 is 9.15 Å². The number of oxazole rings is 1. The third kappa shape index (κ3) is 1.89. The molecule has 96 valence electrons. The first-order chi connectivity index (χ1) is 8.71. The zero-order valence-corrected chi connectivity index (χ0v) is 9.86. The van der Waals surface area contributed by atoms with E-state index in [1.807, 2.05) is 12.1 Å². The average molecular weight is 249 g/mol. The minimum atomic E-state index is -0.437. The summed E-state index contributed by atoms with van der Waals surface area (Å²) >= 11 is 0. The van der Waals surface area contributed by atoms with Gasteiger partial charge in [-0.15, -0.1) is 0 Å². The Labute approximate surface area is 103 Å². The van der Waals surface area contributed by atoms with Crippen LogP contribution < -0.4 is 16.8 Å². The molecule has 2 heterocycles. The van der Waals surface area contributed by atoms with Crippen molar-refractivity contribution in [1.29, 1.82) is 0 Å². The van der Waals surface area contributed by atoms with Gasteiger partial charge < -0.3 is 20.2 Å². The molecular formula is C12H15N3O3. The number of aromatic amines is 1. The van der Waals surface area contributed by atoms with Gasteiger partial charge >= 0.3 is 5.76 Å². The molecule has 0 aliphatic carbocycles. The topological polar surface area (TPSA) is 93.3 Å². The molecule has 0 saturated carbocycles. The smallest absolute Gasteiger partial charge is 0.408 e. The Balaban J connectivity index is 1.76. The van der Waals surface area contributed by atoms with Gasteiger partial charge in [0.2, 0.25) is 0 Å². The quantitative estimate of drug-likeness (QED) is 0.734. The molecule has 1 saturated heterocycles. The number of H-pyrrole nitrogens is 1. The van der Waals surface area contributed by atoms with Crippen molar-refractivity contribution in [1.82, 2.24) is 4.98 Å². The molecule has 1 aliphatic heterocycles. The van der Waals surface area contributed by atoms with Gasteiger partial charge in [-0.3, -0.25) is 4.98 Å². The second-order valence-electron chi connectivity index (χ2n) is 4.78. The molecule has 1 fully saturated rings. The second kappa shape index (κ2) is 4.15. The van der Waals surface area contributed by atoms with Crippen LogP contribution in [0.3, 0.4) is 0 Å². The Morgan fingerprint density at radius 2 is 2.28 bits per heavy atom. The van der Waals surface area contributed by atoms with Crippen LogP contribution in [-0.2, 0) is 4.74 Å². The van der Waals surface area contributed by atoms with E-state index in [1.54, 1.807) is 6.07 Å². The van der Waals surface area contributed by atoms with Crippen LogP contribution >= 0.6 is 0 Å². The van der Waals surface area contributed by atoms with E-state index in [9.17, 15) is 4.79 Å². The van der Waals surface area contributed by atoms with Gasteiger partial charge in [0.15, 0.2) is 5.58 Å². The molecule has 0 unspecified atom stereocenters. The summed E-state index contributed by atoms with van der Waals surface area (Å²) in [6.45, 7) is 2.74. The van der Waals surface area contributed by atoms with Gasteiger partial charge in [0.05, 0.1) is 18.7 Å². The molecule has 0 radical (unpaired) electrons. The van der Waals surface area contributed by atoms with Gasteiger partial charge in [0.1, 0.15) is 0 Å². The molecule has 0 amide bonds. The molecule has 6 heteroatoms. The molecule has 2 aromatic rings. The Morgan fingerprint density at radius 1 is 1.44 bits per heavy atom. The Morgan fingerprint density at radius 3 is 2.94 bits per heavy atom. The SMILES string of the molecule is NCC1(CNc2ccc3[nH]c(=O)oc3c2)COC1. The number of hydrogen-bond donors (Lipinski definition) is 3. The molecule has 0 spiro atoms. The first-order valence-corrected chi connectivity index (χ1v) is 5.85. The number of aromatic nitrogens is 1. The van der Waals surface area contributed by atoms with Crippen LogP contribution in [0.5, 0.6) is 0 Å². The fraction of sp³-hybridized carbons (Fsp3) is 0.417. The largest absolute Gasteiger partial charge is 0.417 e. The summed E-state index contributed by atoms with van der Waals surface area (Å²) in [4.78, 5) is 13.6. The third-order valence-corrected chi connectivity index (χ3v) is 3.34. The minimum Gasteiger partial charge on any atom is -0.408 e. The first kappa shape index (κ1) is 11.3. The standard InChI is InChI=1S/C12H15N3O3/c13-4-12(6-17-7-12)5-14-8-1-2-9-10(3-8)18-11(16)15-9/h1-3,14H,4-7,13H2,(H,15,16). The van der Waals surface area contributed by atoms with Crippen LogP contribution in [0, 0.1) is 5.41 Å². The van der Waals surface area contributed by atoms with Gasteiger partial charge in [-0.1, -0.05) is 0 Å². The number of ether oxygens (including phenoxy) is 1. The van der Waals surface area contributed by atoms with Crippen molar-refractivity contribution in [2.75, 3.05) is 31.6 Å². The van der Waals surface area contributed by atoms with Gasteiger partial charge in [0, 0.05) is 30.3 Å². The lowest BCUT2D eigenvalue weighted by Crippen LogP contribution is -2.52. The summed E-state index contributed by atoms with van der Waals surface area (Å²) in [6, 6.07) is 5.52. The van der Waals surface area contributed by atoms with E-state index >= 15 is 0 Å². The lowest BCUT2D eigenvalue weighted by Gasteiger charge is -2.40. The monoisotopic (exact) mass is 249 g/mol. The molecule has 6 nitrogen and oxygen atoms in total. The molecule has 1 aromatic carbocycles. The molecule has 1 aliphatic rings. The summed E-state index contributed by atoms with van der Waals surface area (Å²) < 4.78 is 10.2. The van der Waals surface area contributed by atoms with Crippen LogP contribution in [0.25, 0.3) is 11.1 Å². The van der Waals surface area contributed by atoms with E-state index in [0.717, 1.165) is 12.2 Å². The highest BCUT2D eigenvalue weighted by molar-refractivity contribution is 5.76. The number of hydrogen-bond acceptors (Lipinski definition) is 5. The second-order valence-corrected chi connectivity index (χ2v) is 4.78. The number of nitrogens with two attached hydrogens (primary N) is 1. The Bertz CT molecular complexity index is 607. The highest BCUT2D eigenvalue weighted by Gasteiger charge is 2.36. The van der Waals surface area contributed by atoms with Crippen molar-refractivity contribution in [2.24, 2.45) is 11.1 Å². The van der Waals surface area contributed by atoms with Crippen molar-refractivity contribution in [3.8, 4) is 0 Å². The Hall–Kier alpha value is -1.79. The summed E-state index contributed by atoms with van der Waals surface area (Å²) in [5.41, 5.74) is 7.94. The molecule has 18 heavy (non-hydrogen) atoms. The van der Waals surface area contributed by atoms with E-state index in [0.29, 0.717) is 30.9 Å². The summed E-state index contributed by atoms with van der Waals surface area (Å²) in [5.74, 6) is -0.437. The maximum atomic E-state index is 11.0. The lowest BCUT2D eigenvalue weighted by molar-refractivity contribution is -0.0979. The van der Waals surface area contributed by atoms with E-state index < -0.39 is 5.76 Å². The van der Waals surface area contributed by atoms with Crippen molar-refractivity contribution in [2.45, 2.75) is 0 Å². The number of anilines is 1. The van der Waals surface area contributed by atoms with Crippen LogP contribution in [0.4, 0.5) is 5.69 Å². The zero-order valence-electron chi connectivity index (χ0n) is 9.86. The molecule has 3 rings (SSSR count). The molecule has 1 aromatic heterocycles. The van der Waals surface area contributed by atoms with Crippen molar-refractivity contribution in [3.63, 3.8) is 0 Å². The van der Waals surface area contributed by atoms with Gasteiger partial charge in [-0.05, 0) is 12.1 Å². The summed E-state index contributed by atoms with van der Waals surface area (Å²) in [5, 5.41) is 3.30. The highest BCUT2D eigenvalue weighted by Crippen LogP contribution is 2.27. The van der Waals surface area contributed by atoms with Crippen LogP contribution in [0.2, 0.25) is 0 Å². The van der Waals surface area contributed by atoms with Gasteiger partial charge in [-0.25, -0.2) is 4.79 Å². The third-order valence-electron chi connectivity index (χ3n) is 3.34. The van der Waals surface area contributed by atoms with Gasteiger partial charge in [0.25, 0.3) is 0 Å². The predicted molar refractivity (Wildman–Crippen MR) is 67.6 cm³/mol. The van der Waals surface area contributed by atoms with Crippen LogP contribution in [-0.4, -0.2) is 31.3 Å².